The topological polar surface area (TPSA) is 35.2 Å². The normalized spacial score (nSPS) is 10.5. The Bertz CT molecular complexity index is 339. The van der Waals surface area contributed by atoms with Gasteiger partial charge in [0.05, 0.1) is 12.1 Å². The molecule has 0 spiro atoms. The number of halogens is 1. The second-order valence-electron chi connectivity index (χ2n) is 3.87. The van der Waals surface area contributed by atoms with Crippen molar-refractivity contribution in [2.24, 2.45) is 5.73 Å². The van der Waals surface area contributed by atoms with Gasteiger partial charge in [0.25, 0.3) is 0 Å². The monoisotopic (exact) mass is 241 g/mol. The zero-order valence-corrected chi connectivity index (χ0v) is 10.8. The summed E-state index contributed by atoms with van der Waals surface area (Å²) in [4.78, 5) is 0. The standard InChI is InChI=1S/C13H20ClNO/c1-3-10-8-11(6-4-5-7-15)13(16-2)12(14)9-10/h8-9H,3-7,15H2,1-2H3. The van der Waals surface area contributed by atoms with E-state index in [4.69, 9.17) is 22.1 Å². The lowest BCUT2D eigenvalue weighted by Gasteiger charge is -2.12. The van der Waals surface area contributed by atoms with Crippen molar-refractivity contribution in [2.75, 3.05) is 13.7 Å². The smallest absolute Gasteiger partial charge is 0.140 e. The molecule has 0 bridgehead atoms. The Morgan fingerprint density at radius 3 is 2.62 bits per heavy atom. The van der Waals surface area contributed by atoms with Gasteiger partial charge in [0.2, 0.25) is 0 Å². The number of methoxy groups -OCH3 is 1. The van der Waals surface area contributed by atoms with Crippen molar-refractivity contribution in [3.05, 3.63) is 28.3 Å². The first-order valence-corrected chi connectivity index (χ1v) is 6.16. The molecule has 3 heteroatoms. The van der Waals surface area contributed by atoms with E-state index in [1.165, 1.54) is 11.1 Å². The summed E-state index contributed by atoms with van der Waals surface area (Å²) < 4.78 is 5.34. The number of unbranched alkanes of at least 4 members (excludes halogenated alkanes) is 1. The molecule has 0 saturated heterocycles. The molecule has 0 heterocycles. The number of hydrogen-bond acceptors (Lipinski definition) is 2. The van der Waals surface area contributed by atoms with E-state index in [1.807, 2.05) is 6.07 Å². The number of nitrogens with two attached hydrogens (primary N) is 1. The fourth-order valence-electron chi connectivity index (χ4n) is 1.79. The highest BCUT2D eigenvalue weighted by molar-refractivity contribution is 6.32. The number of hydrogen-bond donors (Lipinski definition) is 1. The van der Waals surface area contributed by atoms with Gasteiger partial charge in [-0.05, 0) is 49.4 Å². The van der Waals surface area contributed by atoms with Crippen LogP contribution < -0.4 is 10.5 Å². The van der Waals surface area contributed by atoms with Crippen LogP contribution in [0, 0.1) is 0 Å². The van der Waals surface area contributed by atoms with Crippen molar-refractivity contribution in [1.82, 2.24) is 0 Å². The van der Waals surface area contributed by atoms with E-state index in [0.29, 0.717) is 5.02 Å². The van der Waals surface area contributed by atoms with Crippen LogP contribution in [0.3, 0.4) is 0 Å². The number of aryl methyl sites for hydroxylation is 2. The summed E-state index contributed by atoms with van der Waals surface area (Å²) in [6.45, 7) is 2.87. The second kappa shape index (κ2) is 6.77. The molecule has 2 N–H and O–H groups in total. The van der Waals surface area contributed by atoms with E-state index in [-0.39, 0.29) is 0 Å². The lowest BCUT2D eigenvalue weighted by atomic mass is 10.0. The Balaban J connectivity index is 2.89. The van der Waals surface area contributed by atoms with Gasteiger partial charge < -0.3 is 10.5 Å². The molecular weight excluding hydrogens is 222 g/mol. The fraction of sp³-hybridized carbons (Fsp3) is 0.538. The molecular formula is C13H20ClNO. The lowest BCUT2D eigenvalue weighted by Crippen LogP contribution is -2.01. The molecule has 0 unspecified atom stereocenters. The van der Waals surface area contributed by atoms with E-state index in [0.717, 1.165) is 38.0 Å². The molecule has 0 radical (unpaired) electrons. The first kappa shape index (κ1) is 13.3. The van der Waals surface area contributed by atoms with Crippen LogP contribution in [-0.2, 0) is 12.8 Å². The molecule has 1 aromatic rings. The van der Waals surface area contributed by atoms with E-state index < -0.39 is 0 Å². The minimum atomic E-state index is 0.713. The summed E-state index contributed by atoms with van der Waals surface area (Å²) in [5, 5.41) is 0.713. The van der Waals surface area contributed by atoms with E-state index >= 15 is 0 Å². The van der Waals surface area contributed by atoms with Crippen molar-refractivity contribution in [3.8, 4) is 5.75 Å². The Hall–Kier alpha value is -0.730. The van der Waals surface area contributed by atoms with Gasteiger partial charge in [-0.3, -0.25) is 0 Å². The van der Waals surface area contributed by atoms with Gasteiger partial charge in [-0.1, -0.05) is 24.6 Å². The molecule has 2 nitrogen and oxygen atoms in total. The summed E-state index contributed by atoms with van der Waals surface area (Å²) >= 11 is 6.18. The van der Waals surface area contributed by atoms with Crippen LogP contribution in [0.15, 0.2) is 12.1 Å². The summed E-state index contributed by atoms with van der Waals surface area (Å²) in [5.74, 6) is 0.816. The molecule has 0 saturated carbocycles. The van der Waals surface area contributed by atoms with E-state index in [1.54, 1.807) is 7.11 Å². The highest BCUT2D eigenvalue weighted by atomic mass is 35.5. The Labute approximate surface area is 103 Å². The third-order valence-corrected chi connectivity index (χ3v) is 2.97. The average Bonchev–Trinajstić information content (AvgIpc) is 2.29. The Kier molecular flexibility index (Phi) is 5.64. The predicted molar refractivity (Wildman–Crippen MR) is 69.4 cm³/mol. The van der Waals surface area contributed by atoms with Gasteiger partial charge >= 0.3 is 0 Å². The average molecular weight is 242 g/mol. The van der Waals surface area contributed by atoms with Crippen molar-refractivity contribution < 1.29 is 4.74 Å². The minimum Gasteiger partial charge on any atom is -0.495 e. The summed E-state index contributed by atoms with van der Waals surface area (Å²) in [6, 6.07) is 4.16. The largest absolute Gasteiger partial charge is 0.495 e. The molecule has 0 aromatic heterocycles. The second-order valence-corrected chi connectivity index (χ2v) is 4.28. The first-order valence-electron chi connectivity index (χ1n) is 5.78. The molecule has 0 atom stereocenters. The molecule has 0 aliphatic heterocycles. The molecule has 0 amide bonds. The van der Waals surface area contributed by atoms with E-state index in [9.17, 15) is 0 Å². The molecule has 1 aromatic carbocycles. The minimum absolute atomic E-state index is 0.713. The lowest BCUT2D eigenvalue weighted by molar-refractivity contribution is 0.409. The molecule has 90 valence electrons. The highest BCUT2D eigenvalue weighted by Gasteiger charge is 2.09. The summed E-state index contributed by atoms with van der Waals surface area (Å²) in [5.41, 5.74) is 7.94. The van der Waals surface area contributed by atoms with Gasteiger partial charge in [-0.2, -0.15) is 0 Å². The molecule has 0 aliphatic carbocycles. The van der Waals surface area contributed by atoms with Crippen molar-refractivity contribution in [2.45, 2.75) is 32.6 Å². The van der Waals surface area contributed by atoms with Gasteiger partial charge in [0, 0.05) is 0 Å². The summed E-state index contributed by atoms with van der Waals surface area (Å²) in [6.07, 6.45) is 4.09. The Morgan fingerprint density at radius 2 is 2.06 bits per heavy atom. The molecule has 0 aliphatic rings. The maximum atomic E-state index is 6.18. The van der Waals surface area contributed by atoms with Crippen LogP contribution >= 0.6 is 11.6 Å². The number of rotatable bonds is 6. The number of benzene rings is 1. The van der Waals surface area contributed by atoms with Crippen LogP contribution in [-0.4, -0.2) is 13.7 Å². The van der Waals surface area contributed by atoms with E-state index in [2.05, 4.69) is 13.0 Å². The Morgan fingerprint density at radius 1 is 1.31 bits per heavy atom. The zero-order chi connectivity index (χ0) is 12.0. The first-order chi connectivity index (χ1) is 7.72. The SMILES string of the molecule is CCc1cc(Cl)c(OC)c(CCCCN)c1. The van der Waals surface area contributed by atoms with Gasteiger partial charge in [-0.15, -0.1) is 0 Å². The molecule has 16 heavy (non-hydrogen) atoms. The van der Waals surface area contributed by atoms with Gasteiger partial charge in [-0.25, -0.2) is 0 Å². The fourth-order valence-corrected chi connectivity index (χ4v) is 2.13. The van der Waals surface area contributed by atoms with Gasteiger partial charge in [0.15, 0.2) is 0 Å². The number of ether oxygens (including phenoxy) is 1. The maximum absolute atomic E-state index is 6.18. The third kappa shape index (κ3) is 3.39. The van der Waals surface area contributed by atoms with Crippen LogP contribution in [0.4, 0.5) is 0 Å². The maximum Gasteiger partial charge on any atom is 0.140 e. The quantitative estimate of drug-likeness (QED) is 0.777. The highest BCUT2D eigenvalue weighted by Crippen LogP contribution is 2.31. The van der Waals surface area contributed by atoms with Gasteiger partial charge in [0.1, 0.15) is 5.75 Å². The van der Waals surface area contributed by atoms with Crippen molar-refractivity contribution in [1.29, 1.82) is 0 Å². The van der Waals surface area contributed by atoms with Crippen LogP contribution in [0.5, 0.6) is 5.75 Å². The zero-order valence-electron chi connectivity index (χ0n) is 10.1. The predicted octanol–water partition coefficient (Wildman–Crippen LogP) is 3.19. The van der Waals surface area contributed by atoms with Crippen molar-refractivity contribution >= 4 is 11.6 Å². The van der Waals surface area contributed by atoms with Crippen LogP contribution in [0.2, 0.25) is 5.02 Å². The van der Waals surface area contributed by atoms with Crippen LogP contribution in [0.1, 0.15) is 30.9 Å². The third-order valence-electron chi connectivity index (χ3n) is 2.69. The van der Waals surface area contributed by atoms with Crippen molar-refractivity contribution in [3.63, 3.8) is 0 Å². The van der Waals surface area contributed by atoms with Crippen LogP contribution in [0.25, 0.3) is 0 Å². The molecule has 1 rings (SSSR count). The summed E-state index contributed by atoms with van der Waals surface area (Å²) in [7, 11) is 1.67. The molecule has 0 fully saturated rings.